The van der Waals surface area contributed by atoms with Crippen molar-refractivity contribution >= 4 is 36.4 Å². The Hall–Kier alpha value is 0.162. The number of ether oxygens (including phenoxy) is 4. The topological polar surface area (TPSA) is 209 Å². The van der Waals surface area contributed by atoms with Gasteiger partial charge in [-0.05, 0) is 37.0 Å². The molecule has 220 valence electrons. The Balaban J connectivity index is -0.00000481. The van der Waals surface area contributed by atoms with Gasteiger partial charge in [0.1, 0.15) is 12.4 Å². The van der Waals surface area contributed by atoms with Crippen molar-refractivity contribution in [2.45, 2.75) is 19.3 Å². The number of rotatable bonds is 22. The summed E-state index contributed by atoms with van der Waals surface area (Å²) in [6, 6.07) is 6.93. The fraction of sp³-hybridized carbons (Fsp3) is 0.636. The van der Waals surface area contributed by atoms with Crippen LogP contribution in [-0.4, -0.2) is 102 Å². The third-order valence-electron chi connectivity index (χ3n) is 4.93. The van der Waals surface area contributed by atoms with Crippen molar-refractivity contribution in [3.8, 4) is 5.75 Å². The number of hydrogen-bond acceptors (Lipinski definition) is 13. The monoisotopic (exact) mass is 622 g/mol. The van der Waals surface area contributed by atoms with E-state index in [1.54, 1.807) is 30.3 Å². The predicted octanol–water partition coefficient (Wildman–Crippen LogP) is -8.44. The molecule has 0 aliphatic carbocycles. The standard InChI is InChI=1S/C22H36O13S3.3Li/c1-2-20-6-8-21(9-7-20)35-19-22(16-32-10-3-13-36(23,24)25,17-33-11-4-14-37(26,27)28)18-34-12-5-15-38(29,30)31;;;/h2,6-9H,1,3-5,10-19H2,(H,23,24,25)(H,26,27,28)(H,29,30,31);;;/q;3*+1/p-3. The second-order valence-corrected chi connectivity index (χ2v) is 13.1. The zero-order valence-electron chi connectivity index (χ0n) is 23.8. The second-order valence-electron chi connectivity index (χ2n) is 8.57. The second kappa shape index (κ2) is 22.6. The molecule has 0 N–H and O–H groups in total. The molecule has 0 aliphatic rings. The fourth-order valence-corrected chi connectivity index (χ4v) is 4.48. The van der Waals surface area contributed by atoms with Gasteiger partial charge in [0.05, 0.1) is 55.6 Å². The van der Waals surface area contributed by atoms with Gasteiger partial charge in [0.25, 0.3) is 0 Å². The first kappa shape index (κ1) is 45.6. The quantitative estimate of drug-likeness (QED) is 0.0669. The number of hydrogen-bond donors (Lipinski definition) is 0. The van der Waals surface area contributed by atoms with E-state index in [1.165, 1.54) is 0 Å². The van der Waals surface area contributed by atoms with Gasteiger partial charge in [0, 0.05) is 37.1 Å². The molecule has 13 nitrogen and oxygen atoms in total. The summed E-state index contributed by atoms with van der Waals surface area (Å²) in [7, 11) is -13.3. The van der Waals surface area contributed by atoms with Crippen LogP contribution < -0.4 is 61.3 Å². The first-order valence-corrected chi connectivity index (χ1v) is 16.3. The van der Waals surface area contributed by atoms with Crippen LogP contribution in [0.1, 0.15) is 24.8 Å². The molecule has 0 aromatic heterocycles. The zero-order chi connectivity index (χ0) is 28.7. The van der Waals surface area contributed by atoms with Gasteiger partial charge in [-0.25, -0.2) is 25.3 Å². The number of benzene rings is 1. The first-order valence-electron chi connectivity index (χ1n) is 11.5. The molecule has 0 unspecified atom stereocenters. The summed E-state index contributed by atoms with van der Waals surface area (Å²) in [5, 5.41) is 0. The van der Waals surface area contributed by atoms with Gasteiger partial charge in [-0.3, -0.25) is 0 Å². The molecule has 1 rings (SSSR count). The molecule has 1 aromatic carbocycles. The summed E-state index contributed by atoms with van der Waals surface area (Å²) >= 11 is 0. The maximum atomic E-state index is 10.8. The Morgan fingerprint density at radius 3 is 1.27 bits per heavy atom. The molecule has 19 heteroatoms. The van der Waals surface area contributed by atoms with Crippen molar-refractivity contribution in [3.63, 3.8) is 0 Å². The Labute approximate surface area is 279 Å². The Morgan fingerprint density at radius 2 is 0.976 bits per heavy atom. The van der Waals surface area contributed by atoms with Crippen LogP contribution in [0.25, 0.3) is 6.08 Å². The van der Waals surface area contributed by atoms with Gasteiger partial charge < -0.3 is 32.6 Å². The van der Waals surface area contributed by atoms with E-state index in [0.29, 0.717) is 5.75 Å². The average Bonchev–Trinajstić information content (AvgIpc) is 2.80. The van der Waals surface area contributed by atoms with Crippen LogP contribution >= 0.6 is 0 Å². The van der Waals surface area contributed by atoms with Crippen LogP contribution in [0.2, 0.25) is 0 Å². The maximum Gasteiger partial charge on any atom is 1.00 e. The van der Waals surface area contributed by atoms with Crippen LogP contribution in [0, 0.1) is 5.41 Å². The Bertz CT molecular complexity index is 1060. The molecule has 1 aromatic rings. The van der Waals surface area contributed by atoms with Crippen LogP contribution in [0.5, 0.6) is 5.75 Å². The summed E-state index contributed by atoms with van der Waals surface area (Å²) in [5.41, 5.74) is -0.200. The zero-order valence-corrected chi connectivity index (χ0v) is 26.3. The van der Waals surface area contributed by atoms with Crippen molar-refractivity contribution in [2.24, 2.45) is 5.41 Å². The molecule has 0 saturated heterocycles. The van der Waals surface area contributed by atoms with Gasteiger partial charge in [-0.2, -0.15) is 0 Å². The van der Waals surface area contributed by atoms with E-state index in [2.05, 4.69) is 6.58 Å². The molecule has 0 spiro atoms. The third-order valence-corrected chi connectivity index (χ3v) is 7.30. The minimum Gasteiger partial charge on any atom is -0.748 e. The fourth-order valence-electron chi connectivity index (χ4n) is 3.07. The molecule has 0 amide bonds. The van der Waals surface area contributed by atoms with Crippen molar-refractivity contribution in [1.29, 1.82) is 0 Å². The Morgan fingerprint density at radius 1 is 0.634 bits per heavy atom. The van der Waals surface area contributed by atoms with Crippen molar-refractivity contribution in [3.05, 3.63) is 36.4 Å². The molecule has 0 saturated carbocycles. The molecule has 0 aliphatic heterocycles. The van der Waals surface area contributed by atoms with Crippen molar-refractivity contribution < 1.29 is 114 Å². The van der Waals surface area contributed by atoms with Gasteiger partial charge >= 0.3 is 56.6 Å². The summed E-state index contributed by atoms with van der Waals surface area (Å²) in [6.07, 6.45) is 1.47. The van der Waals surface area contributed by atoms with E-state index in [0.717, 1.165) is 5.56 Å². The van der Waals surface area contributed by atoms with Crippen LogP contribution in [0.15, 0.2) is 30.8 Å². The molecule has 0 radical (unpaired) electrons. The molecule has 0 bridgehead atoms. The largest absolute Gasteiger partial charge is 1.00 e. The van der Waals surface area contributed by atoms with Gasteiger partial charge in [-0.1, -0.05) is 24.8 Å². The minimum absolute atomic E-state index is 0. The average molecular weight is 623 g/mol. The van der Waals surface area contributed by atoms with Crippen molar-refractivity contribution in [2.75, 3.05) is 63.5 Å². The van der Waals surface area contributed by atoms with Gasteiger partial charge in [0.2, 0.25) is 0 Å². The molecule has 0 atom stereocenters. The van der Waals surface area contributed by atoms with E-state index < -0.39 is 53.0 Å². The maximum absolute atomic E-state index is 10.8. The van der Waals surface area contributed by atoms with E-state index in [4.69, 9.17) is 18.9 Å². The summed E-state index contributed by atoms with van der Waals surface area (Å²) in [5.74, 6) is -1.38. The summed E-state index contributed by atoms with van der Waals surface area (Å²) < 4.78 is 120. The van der Waals surface area contributed by atoms with E-state index in [1.807, 2.05) is 0 Å². The smallest absolute Gasteiger partial charge is 0.748 e. The van der Waals surface area contributed by atoms with E-state index >= 15 is 0 Å². The van der Waals surface area contributed by atoms with Gasteiger partial charge in [0.15, 0.2) is 0 Å². The van der Waals surface area contributed by atoms with E-state index in [-0.39, 0.29) is 122 Å². The Kier molecular flexibility index (Phi) is 25.2. The molecular weight excluding hydrogens is 589 g/mol. The van der Waals surface area contributed by atoms with Crippen molar-refractivity contribution in [1.82, 2.24) is 0 Å². The van der Waals surface area contributed by atoms with Crippen LogP contribution in [0.3, 0.4) is 0 Å². The normalized spacial score (nSPS) is 12.0. The molecular formula is C22H33Li3O13S3. The summed E-state index contributed by atoms with van der Waals surface area (Å²) in [4.78, 5) is 0. The molecule has 41 heavy (non-hydrogen) atoms. The SMILES string of the molecule is C=Cc1ccc(OCC(COCCCS(=O)(=O)[O-])(COCCCS(=O)(=O)[O-])COCCCS(=O)(=O)[O-])cc1.[Li+].[Li+].[Li+]. The minimum atomic E-state index is -4.42. The molecule has 0 fully saturated rings. The molecule has 0 heterocycles. The predicted molar refractivity (Wildman–Crippen MR) is 134 cm³/mol. The van der Waals surface area contributed by atoms with E-state index in [9.17, 15) is 38.9 Å². The van der Waals surface area contributed by atoms with Crippen LogP contribution in [-0.2, 0) is 44.6 Å². The summed E-state index contributed by atoms with van der Waals surface area (Å²) in [6.45, 7) is 3.07. The first-order chi connectivity index (χ1) is 17.6. The van der Waals surface area contributed by atoms with Crippen LogP contribution in [0.4, 0.5) is 0 Å². The van der Waals surface area contributed by atoms with Gasteiger partial charge in [-0.15, -0.1) is 0 Å². The third kappa shape index (κ3) is 25.2.